The normalized spacial score (nSPS) is 9.63. The lowest BCUT2D eigenvalue weighted by Crippen LogP contribution is -2.09. The molecular formula is C19H36N3O3PS. The highest BCUT2D eigenvalue weighted by molar-refractivity contribution is 7.80. The van der Waals surface area contributed by atoms with Crippen LogP contribution >= 0.6 is 19.8 Å². The molecule has 5 N–H and O–H groups in total. The van der Waals surface area contributed by atoms with Gasteiger partial charge in [-0.1, -0.05) is 56.8 Å². The molecule has 8 heteroatoms. The summed E-state index contributed by atoms with van der Waals surface area (Å²) >= 11 is 4.59. The van der Waals surface area contributed by atoms with Gasteiger partial charge in [0.05, 0.1) is 10.7 Å². The molecule has 0 atom stereocenters. The third kappa shape index (κ3) is 24.6. The largest absolute Gasteiger partial charge is 0.383 e. The van der Waals surface area contributed by atoms with Gasteiger partial charge in [0.15, 0.2) is 0 Å². The van der Waals surface area contributed by atoms with E-state index in [1.54, 1.807) is 6.20 Å². The van der Waals surface area contributed by atoms with Crippen LogP contribution in [0.5, 0.6) is 0 Å². The first-order valence-corrected chi connectivity index (χ1v) is 10.9. The zero-order chi connectivity index (χ0) is 21.7. The van der Waals surface area contributed by atoms with E-state index in [1.807, 2.05) is 58.2 Å². The van der Waals surface area contributed by atoms with E-state index in [0.717, 1.165) is 29.1 Å². The maximum absolute atomic E-state index is 10.2. The van der Waals surface area contributed by atoms with E-state index in [1.165, 1.54) is 7.05 Å². The molecule has 0 amide bonds. The zero-order valence-electron chi connectivity index (χ0n) is 17.2. The van der Waals surface area contributed by atoms with E-state index in [9.17, 15) is 4.57 Å². The molecule has 0 aliphatic rings. The van der Waals surface area contributed by atoms with Gasteiger partial charge in [-0.3, -0.25) is 9.55 Å². The van der Waals surface area contributed by atoms with Crippen molar-refractivity contribution in [3.63, 3.8) is 0 Å². The first-order valence-electron chi connectivity index (χ1n) is 8.72. The number of pyridine rings is 1. The minimum Gasteiger partial charge on any atom is -0.383 e. The number of nitrogens with one attached hydrogen (secondary N) is 1. The van der Waals surface area contributed by atoms with Gasteiger partial charge in [0.25, 0.3) is 0 Å². The summed E-state index contributed by atoms with van der Waals surface area (Å²) in [5.74, 6) is 0. The summed E-state index contributed by atoms with van der Waals surface area (Å²) in [6.45, 7) is 9.52. The Labute approximate surface area is 170 Å². The summed E-state index contributed by atoms with van der Waals surface area (Å²) in [5, 5.41) is 2.76. The van der Waals surface area contributed by atoms with Gasteiger partial charge in [0, 0.05) is 19.4 Å². The van der Waals surface area contributed by atoms with Gasteiger partial charge in [0.1, 0.15) is 0 Å². The molecule has 1 aromatic heterocycles. The minimum atomic E-state index is -3.70. The van der Waals surface area contributed by atoms with Crippen LogP contribution in [0.1, 0.15) is 51.3 Å². The van der Waals surface area contributed by atoms with Crippen molar-refractivity contribution in [2.24, 2.45) is 5.73 Å². The van der Waals surface area contributed by atoms with Crippen molar-refractivity contribution < 1.29 is 14.4 Å². The quantitative estimate of drug-likeness (QED) is 0.311. The standard InChI is InChI=1S/C10H11N.C5H13O3P.C3H7NS.CH5N/c1-3-6-10-9(4-2)7-5-8-11-10;1-2-3-4-5-9(6,7)8;1-3(5)4-2;1-2/h3-8H,2H2,1H3;2-5H2,1H3,(H2,6,7,8);1-2H3,(H,4,5);2H2,1H3/b6-3-;;;. The average molecular weight is 418 g/mol. The third-order valence-electron chi connectivity index (χ3n) is 2.82. The highest BCUT2D eigenvalue weighted by Crippen LogP contribution is 2.35. The molecule has 27 heavy (non-hydrogen) atoms. The number of nitrogens with two attached hydrogens (primary N) is 1. The highest BCUT2D eigenvalue weighted by atomic mass is 32.1. The molecule has 1 aromatic rings. The van der Waals surface area contributed by atoms with Crippen LogP contribution in [0.2, 0.25) is 0 Å². The molecular weight excluding hydrogens is 381 g/mol. The number of nitrogens with zero attached hydrogens (tertiary/aromatic N) is 1. The lowest BCUT2D eigenvalue weighted by Gasteiger charge is -2.00. The van der Waals surface area contributed by atoms with Gasteiger partial charge in [-0.05, 0) is 45.0 Å². The van der Waals surface area contributed by atoms with Crippen LogP contribution in [0.25, 0.3) is 12.2 Å². The highest BCUT2D eigenvalue weighted by Gasteiger charge is 2.10. The van der Waals surface area contributed by atoms with Gasteiger partial charge >= 0.3 is 7.60 Å². The van der Waals surface area contributed by atoms with Gasteiger partial charge in [-0.25, -0.2) is 0 Å². The van der Waals surface area contributed by atoms with Crippen LogP contribution < -0.4 is 11.1 Å². The average Bonchev–Trinajstić information content (AvgIpc) is 2.64. The van der Waals surface area contributed by atoms with Crippen molar-refractivity contribution in [3.05, 3.63) is 42.2 Å². The number of thiocarbonyl (C=S) groups is 1. The lowest BCUT2D eigenvalue weighted by atomic mass is 10.2. The second-order valence-electron chi connectivity index (χ2n) is 5.08. The summed E-state index contributed by atoms with van der Waals surface area (Å²) in [6.07, 6.45) is 10.1. The Morgan fingerprint density at radius 2 is 1.96 bits per heavy atom. The van der Waals surface area contributed by atoms with E-state index >= 15 is 0 Å². The third-order valence-corrected chi connectivity index (χ3v) is 3.92. The van der Waals surface area contributed by atoms with Crippen molar-refractivity contribution in [1.82, 2.24) is 10.3 Å². The topological polar surface area (TPSA) is 108 Å². The molecule has 0 aliphatic carbocycles. The fourth-order valence-electron chi connectivity index (χ4n) is 1.47. The van der Waals surface area contributed by atoms with Crippen LogP contribution in [0.15, 0.2) is 31.0 Å². The predicted octanol–water partition coefficient (Wildman–Crippen LogP) is 4.24. The molecule has 0 saturated carbocycles. The van der Waals surface area contributed by atoms with Crippen molar-refractivity contribution >= 4 is 37.0 Å². The SMILES string of the molecule is C=Cc1cccnc1/C=C\C.CCCCCP(=O)(O)O.CN.CNC(C)=S. The predicted molar refractivity (Wildman–Crippen MR) is 123 cm³/mol. The lowest BCUT2D eigenvalue weighted by molar-refractivity contribution is 0.371. The van der Waals surface area contributed by atoms with E-state index in [0.29, 0.717) is 6.42 Å². The molecule has 0 fully saturated rings. The number of unbranched alkanes of at least 4 members (excludes halogenated alkanes) is 2. The maximum atomic E-state index is 10.2. The molecule has 0 spiro atoms. The molecule has 0 radical (unpaired) electrons. The number of hydrogen-bond acceptors (Lipinski definition) is 4. The maximum Gasteiger partial charge on any atom is 0.325 e. The van der Waals surface area contributed by atoms with Gasteiger partial charge in [-0.2, -0.15) is 0 Å². The van der Waals surface area contributed by atoms with E-state index < -0.39 is 7.60 Å². The van der Waals surface area contributed by atoms with Gasteiger partial charge < -0.3 is 20.8 Å². The number of rotatable bonds is 6. The van der Waals surface area contributed by atoms with Crippen LogP contribution in [0.4, 0.5) is 0 Å². The fraction of sp³-hybridized carbons (Fsp3) is 0.474. The zero-order valence-corrected chi connectivity index (χ0v) is 18.9. The summed E-state index contributed by atoms with van der Waals surface area (Å²) in [7, 11) is -0.388. The van der Waals surface area contributed by atoms with Crippen molar-refractivity contribution in [2.45, 2.75) is 40.0 Å². The minimum absolute atomic E-state index is 0.0425. The second kappa shape index (κ2) is 20.9. The molecule has 0 aliphatic heterocycles. The number of aromatic nitrogens is 1. The Morgan fingerprint density at radius 3 is 2.33 bits per heavy atom. The first-order chi connectivity index (χ1) is 12.7. The fourth-order valence-corrected chi connectivity index (χ4v) is 2.10. The van der Waals surface area contributed by atoms with E-state index in [2.05, 4.69) is 34.8 Å². The Balaban J connectivity index is -0.000000325. The van der Waals surface area contributed by atoms with Crippen LogP contribution in [0, 0.1) is 0 Å². The van der Waals surface area contributed by atoms with Gasteiger partial charge in [-0.15, -0.1) is 0 Å². The summed E-state index contributed by atoms with van der Waals surface area (Å²) in [4.78, 5) is 21.7. The van der Waals surface area contributed by atoms with Crippen molar-refractivity contribution in [3.8, 4) is 0 Å². The molecule has 156 valence electrons. The van der Waals surface area contributed by atoms with E-state index in [4.69, 9.17) is 9.79 Å². The van der Waals surface area contributed by atoms with Gasteiger partial charge in [0.2, 0.25) is 0 Å². The Kier molecular flexibility index (Phi) is 23.5. The molecule has 6 nitrogen and oxygen atoms in total. The van der Waals surface area contributed by atoms with Crippen LogP contribution in [0.3, 0.4) is 0 Å². The summed E-state index contributed by atoms with van der Waals surface area (Å²) < 4.78 is 10.2. The molecule has 0 aromatic carbocycles. The number of hydrogen-bond donors (Lipinski definition) is 4. The molecule has 1 heterocycles. The smallest absolute Gasteiger partial charge is 0.325 e. The molecule has 0 saturated heterocycles. The van der Waals surface area contributed by atoms with E-state index in [-0.39, 0.29) is 6.16 Å². The van der Waals surface area contributed by atoms with Crippen molar-refractivity contribution in [1.29, 1.82) is 0 Å². The Morgan fingerprint density at radius 1 is 1.41 bits per heavy atom. The first kappa shape index (κ1) is 30.4. The summed E-state index contributed by atoms with van der Waals surface area (Å²) in [5.41, 5.74) is 6.55. The van der Waals surface area contributed by atoms with Crippen molar-refractivity contribution in [2.75, 3.05) is 20.3 Å². The van der Waals surface area contributed by atoms with Crippen LogP contribution in [-0.2, 0) is 4.57 Å². The molecule has 0 bridgehead atoms. The molecule has 1 rings (SSSR count). The molecule has 0 unspecified atom stereocenters. The Hall–Kier alpha value is -1.37. The second-order valence-corrected chi connectivity index (χ2v) is 7.47. The number of allylic oxidation sites excluding steroid dienone is 1. The Bertz CT molecular complexity index is 575. The summed E-state index contributed by atoms with van der Waals surface area (Å²) in [6, 6.07) is 3.90. The monoisotopic (exact) mass is 417 g/mol. The van der Waals surface area contributed by atoms with Crippen LogP contribution in [-0.4, -0.2) is 40.0 Å².